The fourth-order valence-corrected chi connectivity index (χ4v) is 1.65. The average molecular weight is 189 g/mol. The Morgan fingerprint density at radius 1 is 1.21 bits per heavy atom. The summed E-state index contributed by atoms with van der Waals surface area (Å²) in [6.07, 6.45) is 1.05. The molecule has 0 N–H and O–H groups in total. The molecule has 0 spiro atoms. The maximum absolute atomic E-state index is 4.41. The first-order chi connectivity index (χ1) is 6.74. The van der Waals surface area contributed by atoms with Crippen LogP contribution in [-0.4, -0.2) is 15.0 Å². The zero-order valence-corrected chi connectivity index (χ0v) is 8.91. The SMILES string of the molecule is CCc1cc(C)c2nn(CC)nc2c1. The van der Waals surface area contributed by atoms with Crippen LogP contribution in [0.4, 0.5) is 0 Å². The van der Waals surface area contributed by atoms with Crippen LogP contribution in [0.1, 0.15) is 25.0 Å². The Morgan fingerprint density at radius 3 is 2.64 bits per heavy atom. The number of nitrogens with zero attached hydrogens (tertiary/aromatic N) is 3. The Bertz CT molecular complexity index is 457. The highest BCUT2D eigenvalue weighted by Gasteiger charge is 2.05. The van der Waals surface area contributed by atoms with Gasteiger partial charge in [0.15, 0.2) is 0 Å². The number of hydrogen-bond donors (Lipinski definition) is 0. The van der Waals surface area contributed by atoms with Crippen molar-refractivity contribution in [1.82, 2.24) is 15.0 Å². The zero-order valence-electron chi connectivity index (χ0n) is 8.91. The molecule has 3 heteroatoms. The molecule has 2 rings (SSSR count). The topological polar surface area (TPSA) is 30.7 Å². The minimum absolute atomic E-state index is 0.829. The summed E-state index contributed by atoms with van der Waals surface area (Å²) in [5.74, 6) is 0. The lowest BCUT2D eigenvalue weighted by Gasteiger charge is -1.97. The summed E-state index contributed by atoms with van der Waals surface area (Å²) in [6.45, 7) is 7.13. The van der Waals surface area contributed by atoms with E-state index in [-0.39, 0.29) is 0 Å². The Balaban J connectivity index is 2.67. The van der Waals surface area contributed by atoms with Crippen LogP contribution in [0.2, 0.25) is 0 Å². The molecule has 0 unspecified atom stereocenters. The van der Waals surface area contributed by atoms with Crippen molar-refractivity contribution in [2.24, 2.45) is 0 Å². The number of aryl methyl sites for hydroxylation is 3. The van der Waals surface area contributed by atoms with Gasteiger partial charge in [0.2, 0.25) is 0 Å². The van der Waals surface area contributed by atoms with Crippen molar-refractivity contribution in [2.75, 3.05) is 0 Å². The molecule has 0 bridgehead atoms. The first-order valence-electron chi connectivity index (χ1n) is 5.09. The van der Waals surface area contributed by atoms with Gasteiger partial charge in [-0.15, -0.1) is 0 Å². The predicted octanol–water partition coefficient (Wildman–Crippen LogP) is 2.32. The van der Waals surface area contributed by atoms with Gasteiger partial charge in [-0.1, -0.05) is 13.0 Å². The fourth-order valence-electron chi connectivity index (χ4n) is 1.65. The van der Waals surface area contributed by atoms with Gasteiger partial charge in [-0.05, 0) is 37.5 Å². The van der Waals surface area contributed by atoms with E-state index in [9.17, 15) is 0 Å². The van der Waals surface area contributed by atoms with Crippen molar-refractivity contribution in [3.8, 4) is 0 Å². The largest absolute Gasteiger partial charge is 0.184 e. The number of benzene rings is 1. The normalized spacial score (nSPS) is 11.1. The van der Waals surface area contributed by atoms with E-state index in [0.29, 0.717) is 0 Å². The standard InChI is InChI=1S/C11H15N3/c1-4-9-6-8(3)11-10(7-9)12-14(5-2)13-11/h6-7H,4-5H2,1-3H3. The van der Waals surface area contributed by atoms with E-state index in [1.807, 2.05) is 0 Å². The van der Waals surface area contributed by atoms with E-state index in [4.69, 9.17) is 0 Å². The summed E-state index contributed by atoms with van der Waals surface area (Å²) in [5, 5.41) is 8.82. The molecule has 0 fully saturated rings. The van der Waals surface area contributed by atoms with Crippen molar-refractivity contribution in [1.29, 1.82) is 0 Å². The van der Waals surface area contributed by atoms with E-state index < -0.39 is 0 Å². The summed E-state index contributed by atoms with van der Waals surface area (Å²) >= 11 is 0. The summed E-state index contributed by atoms with van der Waals surface area (Å²) in [5.41, 5.74) is 4.60. The van der Waals surface area contributed by atoms with Crippen molar-refractivity contribution in [3.63, 3.8) is 0 Å². The summed E-state index contributed by atoms with van der Waals surface area (Å²) in [6, 6.07) is 4.32. The van der Waals surface area contributed by atoms with Crippen LogP contribution in [0.5, 0.6) is 0 Å². The van der Waals surface area contributed by atoms with Gasteiger partial charge in [-0.2, -0.15) is 15.0 Å². The third-order valence-corrected chi connectivity index (χ3v) is 2.47. The average Bonchev–Trinajstić information content (AvgIpc) is 2.61. The van der Waals surface area contributed by atoms with E-state index in [1.54, 1.807) is 4.80 Å². The van der Waals surface area contributed by atoms with Crippen LogP contribution < -0.4 is 0 Å². The molecule has 0 aliphatic carbocycles. The van der Waals surface area contributed by atoms with Gasteiger partial charge in [-0.25, -0.2) is 0 Å². The second kappa shape index (κ2) is 3.40. The summed E-state index contributed by atoms with van der Waals surface area (Å²) in [4.78, 5) is 1.75. The van der Waals surface area contributed by atoms with E-state index in [2.05, 4.69) is 43.1 Å². The van der Waals surface area contributed by atoms with Crippen molar-refractivity contribution in [2.45, 2.75) is 33.7 Å². The van der Waals surface area contributed by atoms with Crippen LogP contribution in [0.15, 0.2) is 12.1 Å². The summed E-state index contributed by atoms with van der Waals surface area (Å²) < 4.78 is 0. The third-order valence-electron chi connectivity index (χ3n) is 2.47. The lowest BCUT2D eigenvalue weighted by atomic mass is 10.1. The molecule has 0 aliphatic heterocycles. The Labute approximate surface area is 83.7 Å². The van der Waals surface area contributed by atoms with Crippen LogP contribution in [0.3, 0.4) is 0 Å². The van der Waals surface area contributed by atoms with Gasteiger partial charge in [0, 0.05) is 0 Å². The van der Waals surface area contributed by atoms with Crippen molar-refractivity contribution < 1.29 is 0 Å². The molecule has 1 aromatic heterocycles. The number of rotatable bonds is 2. The summed E-state index contributed by atoms with van der Waals surface area (Å²) in [7, 11) is 0. The van der Waals surface area contributed by atoms with E-state index in [1.165, 1.54) is 11.1 Å². The highest BCUT2D eigenvalue weighted by atomic mass is 15.5. The van der Waals surface area contributed by atoms with Gasteiger partial charge >= 0.3 is 0 Å². The van der Waals surface area contributed by atoms with Gasteiger partial charge in [0.25, 0.3) is 0 Å². The van der Waals surface area contributed by atoms with Crippen molar-refractivity contribution in [3.05, 3.63) is 23.3 Å². The molecule has 14 heavy (non-hydrogen) atoms. The first-order valence-corrected chi connectivity index (χ1v) is 5.09. The van der Waals surface area contributed by atoms with Gasteiger partial charge in [0.05, 0.1) is 6.54 Å². The minimum Gasteiger partial charge on any atom is -0.184 e. The van der Waals surface area contributed by atoms with Crippen LogP contribution in [0.25, 0.3) is 11.0 Å². The molecular formula is C11H15N3. The monoisotopic (exact) mass is 189 g/mol. The van der Waals surface area contributed by atoms with E-state index >= 15 is 0 Å². The van der Waals surface area contributed by atoms with Gasteiger partial charge in [0.1, 0.15) is 11.0 Å². The maximum Gasteiger partial charge on any atom is 0.116 e. The van der Waals surface area contributed by atoms with Crippen LogP contribution >= 0.6 is 0 Å². The molecule has 0 radical (unpaired) electrons. The number of aromatic nitrogens is 3. The quantitative estimate of drug-likeness (QED) is 0.725. The Kier molecular flexibility index (Phi) is 2.23. The minimum atomic E-state index is 0.829. The van der Waals surface area contributed by atoms with Crippen LogP contribution in [-0.2, 0) is 13.0 Å². The predicted molar refractivity (Wildman–Crippen MR) is 57.3 cm³/mol. The molecule has 3 nitrogen and oxygen atoms in total. The molecule has 0 saturated heterocycles. The molecule has 74 valence electrons. The highest BCUT2D eigenvalue weighted by molar-refractivity contribution is 5.78. The maximum atomic E-state index is 4.41. The Morgan fingerprint density at radius 2 is 2.00 bits per heavy atom. The molecule has 0 aliphatic rings. The molecule has 0 saturated carbocycles. The molecule has 0 atom stereocenters. The van der Waals surface area contributed by atoms with Crippen LogP contribution in [0, 0.1) is 6.92 Å². The molecule has 1 heterocycles. The lowest BCUT2D eigenvalue weighted by molar-refractivity contribution is 0.578. The third kappa shape index (κ3) is 1.39. The molecule has 0 amide bonds. The fraction of sp³-hybridized carbons (Fsp3) is 0.455. The van der Waals surface area contributed by atoms with E-state index in [0.717, 1.165) is 24.0 Å². The smallest absolute Gasteiger partial charge is 0.116 e. The Hall–Kier alpha value is -1.38. The molecule has 2 aromatic rings. The van der Waals surface area contributed by atoms with Crippen molar-refractivity contribution >= 4 is 11.0 Å². The van der Waals surface area contributed by atoms with Gasteiger partial charge in [-0.3, -0.25) is 0 Å². The lowest BCUT2D eigenvalue weighted by Crippen LogP contribution is -1.97. The second-order valence-corrected chi connectivity index (χ2v) is 3.52. The number of fused-ring (bicyclic) bond motifs is 1. The highest BCUT2D eigenvalue weighted by Crippen LogP contribution is 2.17. The second-order valence-electron chi connectivity index (χ2n) is 3.52. The molecular weight excluding hydrogens is 174 g/mol. The first kappa shape index (κ1) is 9.19. The zero-order chi connectivity index (χ0) is 10.1. The number of hydrogen-bond acceptors (Lipinski definition) is 2. The van der Waals surface area contributed by atoms with Gasteiger partial charge < -0.3 is 0 Å². The molecule has 1 aromatic carbocycles.